The number of anilines is 3. The first kappa shape index (κ1) is 12.3. The van der Waals surface area contributed by atoms with Crippen molar-refractivity contribution in [3.05, 3.63) is 0 Å². The Kier molecular flexibility index (Phi) is 3.73. The van der Waals surface area contributed by atoms with Crippen LogP contribution >= 0.6 is 0 Å². The lowest BCUT2D eigenvalue weighted by Crippen LogP contribution is -2.20. The van der Waals surface area contributed by atoms with Gasteiger partial charge in [0, 0.05) is 14.1 Å². The van der Waals surface area contributed by atoms with E-state index >= 15 is 0 Å². The molecular weight excluding hydrogens is 210 g/mol. The van der Waals surface area contributed by atoms with Gasteiger partial charge >= 0.3 is 0 Å². The molecule has 0 aliphatic carbocycles. The summed E-state index contributed by atoms with van der Waals surface area (Å²) in [6.45, 7) is 1.57. The van der Waals surface area contributed by atoms with Crippen LogP contribution in [0.25, 0.3) is 0 Å². The van der Waals surface area contributed by atoms with Gasteiger partial charge in [0.2, 0.25) is 11.8 Å². The highest BCUT2D eigenvalue weighted by molar-refractivity contribution is 5.69. The molecule has 1 unspecified atom stereocenters. The number of aromatic nitrogens is 2. The van der Waals surface area contributed by atoms with Crippen LogP contribution in [0.3, 0.4) is 0 Å². The van der Waals surface area contributed by atoms with Crippen molar-refractivity contribution < 1.29 is 9.84 Å². The van der Waals surface area contributed by atoms with Crippen LogP contribution in [0.4, 0.5) is 17.5 Å². The Bertz CT molecular complexity index is 367. The van der Waals surface area contributed by atoms with Gasteiger partial charge in [0.05, 0.1) is 7.11 Å². The molecule has 0 aliphatic rings. The zero-order chi connectivity index (χ0) is 12.3. The normalized spacial score (nSPS) is 12.1. The Balaban J connectivity index is 3.19. The predicted octanol–water partition coefficient (Wildman–Crippen LogP) is -0.116. The maximum Gasteiger partial charge on any atom is 0.244 e. The molecule has 0 saturated heterocycles. The number of nitrogens with one attached hydrogen (secondary N) is 1. The van der Waals surface area contributed by atoms with E-state index in [0.29, 0.717) is 11.8 Å². The first-order valence-electron chi connectivity index (χ1n) is 4.79. The Labute approximate surface area is 94.3 Å². The monoisotopic (exact) mass is 227 g/mol. The Morgan fingerprint density at radius 1 is 1.44 bits per heavy atom. The van der Waals surface area contributed by atoms with Crippen molar-refractivity contribution in [2.24, 2.45) is 0 Å². The maximum atomic E-state index is 9.24. The molecule has 16 heavy (non-hydrogen) atoms. The van der Waals surface area contributed by atoms with Crippen LogP contribution < -0.4 is 20.7 Å². The third-order valence-electron chi connectivity index (χ3n) is 1.84. The maximum absolute atomic E-state index is 9.24. The highest BCUT2D eigenvalue weighted by Gasteiger charge is 2.14. The number of nitrogens with zero attached hydrogens (tertiary/aromatic N) is 3. The van der Waals surface area contributed by atoms with E-state index in [1.807, 2.05) is 0 Å². The largest absolute Gasteiger partial charge is 0.479 e. The number of nitrogens with two attached hydrogens (primary N) is 1. The van der Waals surface area contributed by atoms with E-state index in [1.54, 1.807) is 25.9 Å². The van der Waals surface area contributed by atoms with Gasteiger partial charge in [-0.3, -0.25) is 0 Å². The van der Waals surface area contributed by atoms with Gasteiger partial charge in [0.25, 0.3) is 0 Å². The van der Waals surface area contributed by atoms with Crippen LogP contribution in [0.1, 0.15) is 6.92 Å². The van der Waals surface area contributed by atoms with E-state index < -0.39 is 6.23 Å². The van der Waals surface area contributed by atoms with E-state index in [0.717, 1.165) is 0 Å². The predicted molar refractivity (Wildman–Crippen MR) is 62.6 cm³/mol. The topological polar surface area (TPSA) is 96.5 Å². The first-order valence-corrected chi connectivity index (χ1v) is 4.79. The van der Waals surface area contributed by atoms with Crippen LogP contribution in [-0.2, 0) is 0 Å². The van der Waals surface area contributed by atoms with Crippen molar-refractivity contribution >= 4 is 17.5 Å². The van der Waals surface area contributed by atoms with Crippen LogP contribution in [0, 0.1) is 0 Å². The number of nitrogen functional groups attached to an aromatic ring is 1. The highest BCUT2D eigenvalue weighted by atomic mass is 16.5. The van der Waals surface area contributed by atoms with Crippen LogP contribution in [0.5, 0.6) is 5.88 Å². The molecule has 1 atom stereocenters. The SMILES string of the molecule is COc1nc(N(C)C)nc(NC(C)O)c1N. The quantitative estimate of drug-likeness (QED) is 0.617. The minimum atomic E-state index is -0.753. The van der Waals surface area contributed by atoms with Crippen LogP contribution in [0.2, 0.25) is 0 Å². The van der Waals surface area contributed by atoms with Gasteiger partial charge in [-0.25, -0.2) is 0 Å². The molecule has 7 nitrogen and oxygen atoms in total. The lowest BCUT2D eigenvalue weighted by Gasteiger charge is -2.17. The standard InChI is InChI=1S/C9H17N5O2/c1-5(15)11-7-6(10)8(16-4)13-9(12-7)14(2)3/h5,15H,10H2,1-4H3,(H,11,12,13). The lowest BCUT2D eigenvalue weighted by atomic mass is 10.4. The molecule has 0 aliphatic heterocycles. The van der Waals surface area contributed by atoms with E-state index in [1.165, 1.54) is 7.11 Å². The second-order valence-electron chi connectivity index (χ2n) is 3.51. The summed E-state index contributed by atoms with van der Waals surface area (Å²) in [5.74, 6) is 1.08. The molecule has 0 bridgehead atoms. The smallest absolute Gasteiger partial charge is 0.244 e. The van der Waals surface area contributed by atoms with Gasteiger partial charge in [-0.05, 0) is 6.92 Å². The number of aliphatic hydroxyl groups excluding tert-OH is 1. The van der Waals surface area contributed by atoms with Gasteiger partial charge in [0.15, 0.2) is 5.82 Å². The summed E-state index contributed by atoms with van der Waals surface area (Å²) in [6, 6.07) is 0. The van der Waals surface area contributed by atoms with E-state index in [9.17, 15) is 5.11 Å². The summed E-state index contributed by atoms with van der Waals surface area (Å²) in [5, 5.41) is 12.0. The molecule has 1 heterocycles. The van der Waals surface area contributed by atoms with E-state index in [4.69, 9.17) is 10.5 Å². The number of hydrogen-bond acceptors (Lipinski definition) is 7. The molecule has 90 valence electrons. The van der Waals surface area contributed by atoms with Gasteiger partial charge in [-0.2, -0.15) is 9.97 Å². The minimum absolute atomic E-state index is 0.272. The zero-order valence-corrected chi connectivity index (χ0v) is 9.85. The summed E-state index contributed by atoms with van der Waals surface area (Å²) in [4.78, 5) is 9.98. The average Bonchev–Trinajstić information content (AvgIpc) is 2.20. The molecule has 7 heteroatoms. The minimum Gasteiger partial charge on any atom is -0.479 e. The molecule has 4 N–H and O–H groups in total. The molecule has 0 saturated carbocycles. The number of methoxy groups -OCH3 is 1. The van der Waals surface area contributed by atoms with Crippen molar-refractivity contribution in [2.75, 3.05) is 37.2 Å². The van der Waals surface area contributed by atoms with E-state index in [-0.39, 0.29) is 11.6 Å². The van der Waals surface area contributed by atoms with Crippen LogP contribution in [-0.4, -0.2) is 42.5 Å². The number of hydrogen-bond donors (Lipinski definition) is 3. The highest BCUT2D eigenvalue weighted by Crippen LogP contribution is 2.28. The van der Waals surface area contributed by atoms with Gasteiger partial charge in [0.1, 0.15) is 11.9 Å². The zero-order valence-electron chi connectivity index (χ0n) is 9.85. The summed E-state index contributed by atoms with van der Waals surface area (Å²) in [6.07, 6.45) is -0.753. The fourth-order valence-electron chi connectivity index (χ4n) is 1.10. The molecular formula is C9H17N5O2. The summed E-state index contributed by atoms with van der Waals surface area (Å²) < 4.78 is 5.03. The summed E-state index contributed by atoms with van der Waals surface area (Å²) in [5.41, 5.74) is 6.04. The fraction of sp³-hybridized carbons (Fsp3) is 0.556. The first-order chi connectivity index (χ1) is 7.45. The molecule has 1 aromatic rings. The Hall–Kier alpha value is -1.76. The number of rotatable bonds is 4. The Morgan fingerprint density at radius 3 is 2.50 bits per heavy atom. The van der Waals surface area contributed by atoms with Crippen molar-refractivity contribution in [3.63, 3.8) is 0 Å². The second-order valence-corrected chi connectivity index (χ2v) is 3.51. The van der Waals surface area contributed by atoms with Crippen molar-refractivity contribution in [3.8, 4) is 5.88 Å². The molecule has 0 amide bonds. The van der Waals surface area contributed by atoms with Gasteiger partial charge < -0.3 is 25.8 Å². The third-order valence-corrected chi connectivity index (χ3v) is 1.84. The van der Waals surface area contributed by atoms with Gasteiger partial charge in [-0.1, -0.05) is 0 Å². The fourth-order valence-corrected chi connectivity index (χ4v) is 1.10. The van der Waals surface area contributed by atoms with Crippen molar-refractivity contribution in [2.45, 2.75) is 13.2 Å². The molecule has 0 aromatic carbocycles. The molecule has 1 rings (SSSR count). The summed E-state index contributed by atoms with van der Waals surface area (Å²) in [7, 11) is 5.08. The van der Waals surface area contributed by atoms with Crippen molar-refractivity contribution in [1.82, 2.24) is 9.97 Å². The van der Waals surface area contributed by atoms with Gasteiger partial charge in [-0.15, -0.1) is 0 Å². The average molecular weight is 227 g/mol. The lowest BCUT2D eigenvalue weighted by molar-refractivity contribution is 0.224. The number of aliphatic hydroxyl groups is 1. The molecule has 0 radical (unpaired) electrons. The van der Waals surface area contributed by atoms with Crippen molar-refractivity contribution in [1.29, 1.82) is 0 Å². The number of ether oxygens (including phenoxy) is 1. The summed E-state index contributed by atoms with van der Waals surface area (Å²) >= 11 is 0. The van der Waals surface area contributed by atoms with Crippen LogP contribution in [0.15, 0.2) is 0 Å². The molecule has 1 aromatic heterocycles. The third kappa shape index (κ3) is 2.63. The van der Waals surface area contributed by atoms with E-state index in [2.05, 4.69) is 15.3 Å². The molecule has 0 fully saturated rings. The molecule has 0 spiro atoms. The second kappa shape index (κ2) is 4.84. The Morgan fingerprint density at radius 2 is 2.06 bits per heavy atom.